The van der Waals surface area contributed by atoms with E-state index in [-0.39, 0.29) is 6.04 Å². The van der Waals surface area contributed by atoms with Crippen LogP contribution in [0.5, 0.6) is 0 Å². The Labute approximate surface area is 110 Å². The molecule has 1 amide bonds. The molecular formula is C12H14N6O. The fourth-order valence-electron chi connectivity index (χ4n) is 2.00. The van der Waals surface area contributed by atoms with Gasteiger partial charge in [0.1, 0.15) is 0 Å². The van der Waals surface area contributed by atoms with Gasteiger partial charge in [0.05, 0.1) is 17.8 Å². The highest BCUT2D eigenvalue weighted by Gasteiger charge is 2.30. The molecule has 2 aromatic heterocycles. The van der Waals surface area contributed by atoms with E-state index in [2.05, 4.69) is 20.0 Å². The fourth-order valence-corrected chi connectivity index (χ4v) is 2.00. The van der Waals surface area contributed by atoms with Gasteiger partial charge in [-0.1, -0.05) is 0 Å². The van der Waals surface area contributed by atoms with Crippen LogP contribution in [0.25, 0.3) is 0 Å². The number of aromatic nitrogens is 4. The highest BCUT2D eigenvalue weighted by molar-refractivity contribution is 5.92. The lowest BCUT2D eigenvalue weighted by Gasteiger charge is -2.39. The number of carbonyl (C=O) groups is 1. The number of aryl methyl sites for hydroxylation is 1. The third-order valence-corrected chi connectivity index (χ3v) is 3.17. The average molecular weight is 258 g/mol. The Morgan fingerprint density at radius 1 is 1.32 bits per heavy atom. The summed E-state index contributed by atoms with van der Waals surface area (Å²) in [6.45, 7) is 3.52. The van der Waals surface area contributed by atoms with E-state index in [4.69, 9.17) is 5.73 Å². The van der Waals surface area contributed by atoms with Gasteiger partial charge in [-0.2, -0.15) is 5.10 Å². The Kier molecular flexibility index (Phi) is 2.66. The van der Waals surface area contributed by atoms with Crippen molar-refractivity contribution in [2.45, 2.75) is 13.0 Å². The predicted octanol–water partition coefficient (Wildman–Crippen LogP) is 0.142. The molecule has 7 nitrogen and oxygen atoms in total. The predicted molar refractivity (Wildman–Crippen MR) is 68.8 cm³/mol. The fraction of sp³-hybridized carbons (Fsp3) is 0.333. The molecule has 0 unspecified atom stereocenters. The maximum atomic E-state index is 11.0. The van der Waals surface area contributed by atoms with Crippen molar-refractivity contribution >= 4 is 11.9 Å². The van der Waals surface area contributed by atoms with E-state index in [1.807, 2.05) is 6.92 Å². The molecule has 0 aromatic carbocycles. The van der Waals surface area contributed by atoms with Crippen LogP contribution in [0.15, 0.2) is 24.8 Å². The molecule has 2 aromatic rings. The Hall–Kier alpha value is -2.44. The van der Waals surface area contributed by atoms with Gasteiger partial charge in [0.15, 0.2) is 0 Å². The number of anilines is 1. The van der Waals surface area contributed by atoms with Crippen LogP contribution >= 0.6 is 0 Å². The number of amides is 1. The van der Waals surface area contributed by atoms with E-state index in [9.17, 15) is 4.79 Å². The monoisotopic (exact) mass is 258 g/mol. The third kappa shape index (κ3) is 2.14. The standard InChI is InChI=1S/C12H14N6O/c1-8-2-14-12(15-3-8)17-6-10(7-17)18-5-9(4-16-18)11(13)19/h2-5,10H,6-7H2,1H3,(H2,13,19). The topological polar surface area (TPSA) is 89.9 Å². The molecule has 0 aliphatic carbocycles. The largest absolute Gasteiger partial charge is 0.366 e. The summed E-state index contributed by atoms with van der Waals surface area (Å²) >= 11 is 0. The van der Waals surface area contributed by atoms with Gasteiger partial charge in [-0.15, -0.1) is 0 Å². The van der Waals surface area contributed by atoms with Crippen molar-refractivity contribution in [1.29, 1.82) is 0 Å². The summed E-state index contributed by atoms with van der Waals surface area (Å²) in [6.07, 6.45) is 6.78. The van der Waals surface area contributed by atoms with E-state index in [1.54, 1.807) is 23.3 Å². The van der Waals surface area contributed by atoms with Crippen LogP contribution in [0, 0.1) is 6.92 Å². The van der Waals surface area contributed by atoms with Gasteiger partial charge < -0.3 is 10.6 Å². The van der Waals surface area contributed by atoms with Gasteiger partial charge in [-0.05, 0) is 12.5 Å². The zero-order valence-electron chi connectivity index (χ0n) is 10.5. The smallest absolute Gasteiger partial charge is 0.251 e. The Bertz CT molecular complexity index is 599. The molecule has 7 heteroatoms. The highest BCUT2D eigenvalue weighted by Crippen LogP contribution is 2.24. The first kappa shape index (κ1) is 11.6. The molecule has 3 rings (SSSR count). The average Bonchev–Trinajstić information content (AvgIpc) is 2.79. The molecule has 0 radical (unpaired) electrons. The minimum Gasteiger partial charge on any atom is -0.366 e. The lowest BCUT2D eigenvalue weighted by atomic mass is 10.1. The SMILES string of the molecule is Cc1cnc(N2CC(n3cc(C(N)=O)cn3)C2)nc1. The minimum atomic E-state index is -0.454. The molecule has 1 aliphatic rings. The van der Waals surface area contributed by atoms with E-state index in [1.165, 1.54) is 6.20 Å². The first-order valence-electron chi connectivity index (χ1n) is 6.01. The first-order chi connectivity index (χ1) is 9.13. The quantitative estimate of drug-likeness (QED) is 0.845. The van der Waals surface area contributed by atoms with Crippen molar-refractivity contribution in [2.75, 3.05) is 18.0 Å². The highest BCUT2D eigenvalue weighted by atomic mass is 16.1. The van der Waals surface area contributed by atoms with Crippen molar-refractivity contribution in [3.63, 3.8) is 0 Å². The van der Waals surface area contributed by atoms with Crippen LogP contribution in [-0.4, -0.2) is 38.7 Å². The molecule has 1 fully saturated rings. The van der Waals surface area contributed by atoms with E-state index < -0.39 is 5.91 Å². The minimum absolute atomic E-state index is 0.234. The summed E-state index contributed by atoms with van der Waals surface area (Å²) in [5.41, 5.74) is 6.67. The van der Waals surface area contributed by atoms with Crippen molar-refractivity contribution < 1.29 is 4.79 Å². The van der Waals surface area contributed by atoms with E-state index in [0.29, 0.717) is 5.56 Å². The molecule has 0 atom stereocenters. The van der Waals surface area contributed by atoms with Crippen LogP contribution in [0.4, 0.5) is 5.95 Å². The summed E-state index contributed by atoms with van der Waals surface area (Å²) in [5, 5.41) is 4.15. The number of carbonyl (C=O) groups excluding carboxylic acids is 1. The second-order valence-electron chi connectivity index (χ2n) is 4.69. The maximum Gasteiger partial charge on any atom is 0.251 e. The second kappa shape index (κ2) is 4.34. The molecule has 0 bridgehead atoms. The van der Waals surface area contributed by atoms with Crippen LogP contribution in [0.3, 0.4) is 0 Å². The maximum absolute atomic E-state index is 11.0. The van der Waals surface area contributed by atoms with Crippen LogP contribution in [-0.2, 0) is 0 Å². The molecule has 19 heavy (non-hydrogen) atoms. The van der Waals surface area contributed by atoms with Gasteiger partial charge >= 0.3 is 0 Å². The summed E-state index contributed by atoms with van der Waals surface area (Å²) in [5.74, 6) is 0.272. The number of rotatable bonds is 3. The van der Waals surface area contributed by atoms with Crippen molar-refractivity contribution in [2.24, 2.45) is 5.73 Å². The second-order valence-corrected chi connectivity index (χ2v) is 4.69. The molecule has 2 N–H and O–H groups in total. The number of hydrogen-bond donors (Lipinski definition) is 1. The number of nitrogens with two attached hydrogens (primary N) is 1. The van der Waals surface area contributed by atoms with Gasteiger partial charge in [-0.3, -0.25) is 9.48 Å². The molecule has 3 heterocycles. The molecular weight excluding hydrogens is 244 g/mol. The van der Waals surface area contributed by atoms with Crippen LogP contribution in [0.2, 0.25) is 0 Å². The Morgan fingerprint density at radius 2 is 2.00 bits per heavy atom. The zero-order chi connectivity index (χ0) is 13.4. The van der Waals surface area contributed by atoms with E-state index in [0.717, 1.165) is 24.6 Å². The lowest BCUT2D eigenvalue weighted by molar-refractivity contribution is 0.1000. The summed E-state index contributed by atoms with van der Waals surface area (Å²) in [4.78, 5) is 21.6. The van der Waals surface area contributed by atoms with E-state index >= 15 is 0 Å². The Balaban J connectivity index is 1.65. The summed E-state index contributed by atoms with van der Waals surface area (Å²) in [7, 11) is 0. The first-order valence-corrected chi connectivity index (χ1v) is 6.01. The molecule has 1 saturated heterocycles. The van der Waals surface area contributed by atoms with Crippen LogP contribution in [0.1, 0.15) is 22.0 Å². The number of nitrogens with zero attached hydrogens (tertiary/aromatic N) is 5. The number of hydrogen-bond acceptors (Lipinski definition) is 5. The third-order valence-electron chi connectivity index (χ3n) is 3.17. The van der Waals surface area contributed by atoms with Gasteiger partial charge in [-0.25, -0.2) is 9.97 Å². The molecule has 1 aliphatic heterocycles. The van der Waals surface area contributed by atoms with Gasteiger partial charge in [0.25, 0.3) is 5.91 Å². The number of primary amides is 1. The normalized spacial score (nSPS) is 15.3. The molecule has 0 spiro atoms. The summed E-state index contributed by atoms with van der Waals surface area (Å²) < 4.78 is 1.77. The molecule has 98 valence electrons. The van der Waals surface area contributed by atoms with Gasteiger partial charge in [0.2, 0.25) is 5.95 Å². The van der Waals surface area contributed by atoms with Crippen molar-refractivity contribution in [3.05, 3.63) is 35.9 Å². The van der Waals surface area contributed by atoms with Crippen molar-refractivity contribution in [3.8, 4) is 0 Å². The Morgan fingerprint density at radius 3 is 2.58 bits per heavy atom. The van der Waals surface area contributed by atoms with Crippen LogP contribution < -0.4 is 10.6 Å². The lowest BCUT2D eigenvalue weighted by Crippen LogP contribution is -2.48. The summed E-state index contributed by atoms with van der Waals surface area (Å²) in [6, 6.07) is 0.234. The molecule has 0 saturated carbocycles. The zero-order valence-corrected chi connectivity index (χ0v) is 10.5. The van der Waals surface area contributed by atoms with Crippen molar-refractivity contribution in [1.82, 2.24) is 19.7 Å². The van der Waals surface area contributed by atoms with Gasteiger partial charge in [0, 0.05) is 31.7 Å².